The molecule has 19 heavy (non-hydrogen) atoms. The van der Waals surface area contributed by atoms with Crippen molar-refractivity contribution >= 4 is 0 Å². The summed E-state index contributed by atoms with van der Waals surface area (Å²) in [5.41, 5.74) is 3.90. The molecule has 0 bridgehead atoms. The van der Waals surface area contributed by atoms with Crippen molar-refractivity contribution in [2.24, 2.45) is 0 Å². The van der Waals surface area contributed by atoms with Crippen LogP contribution < -0.4 is 5.32 Å². The third-order valence-corrected chi connectivity index (χ3v) is 3.11. The van der Waals surface area contributed by atoms with Crippen molar-refractivity contribution in [2.75, 3.05) is 0 Å². The van der Waals surface area contributed by atoms with Crippen molar-refractivity contribution in [1.82, 2.24) is 15.3 Å². The van der Waals surface area contributed by atoms with Gasteiger partial charge in [0.05, 0.1) is 0 Å². The van der Waals surface area contributed by atoms with E-state index in [1.54, 1.807) is 0 Å². The lowest BCUT2D eigenvalue weighted by Gasteiger charge is -2.19. The first-order valence-corrected chi connectivity index (χ1v) is 6.76. The molecule has 2 aromatic rings. The summed E-state index contributed by atoms with van der Waals surface area (Å²) in [5, 5.41) is 3.46. The number of rotatable bonds is 4. The predicted octanol–water partition coefficient (Wildman–Crippen LogP) is 3.20. The third-order valence-electron chi connectivity index (χ3n) is 3.11. The molecule has 0 saturated carbocycles. The number of aromatic amines is 1. The summed E-state index contributed by atoms with van der Waals surface area (Å²) in [6, 6.07) is 8.44. The van der Waals surface area contributed by atoms with Gasteiger partial charge in [-0.1, -0.05) is 24.3 Å². The number of H-pyrrole nitrogens is 1. The molecule has 0 radical (unpaired) electrons. The Labute approximate surface area is 115 Å². The van der Waals surface area contributed by atoms with E-state index in [-0.39, 0.29) is 5.54 Å². The molecule has 0 atom stereocenters. The van der Waals surface area contributed by atoms with Gasteiger partial charge >= 0.3 is 0 Å². The molecule has 3 nitrogen and oxygen atoms in total. The zero-order chi connectivity index (χ0) is 13.9. The first kappa shape index (κ1) is 13.8. The Bertz CT molecular complexity index is 535. The Hall–Kier alpha value is -1.61. The fraction of sp³-hybridized carbons (Fsp3) is 0.438. The maximum Gasteiger partial charge on any atom is 0.110 e. The van der Waals surface area contributed by atoms with Crippen molar-refractivity contribution in [3.63, 3.8) is 0 Å². The SMILES string of the molecule is Cc1ccccc1Cc1ncc(CNC(C)(C)C)[nH]1. The molecule has 0 fully saturated rings. The lowest BCUT2D eigenvalue weighted by molar-refractivity contribution is 0.421. The lowest BCUT2D eigenvalue weighted by atomic mass is 10.1. The molecule has 0 aliphatic rings. The molecule has 2 rings (SSSR count). The van der Waals surface area contributed by atoms with Crippen LogP contribution in [0.1, 0.15) is 43.4 Å². The van der Waals surface area contributed by atoms with E-state index >= 15 is 0 Å². The number of aromatic nitrogens is 2. The molecule has 0 aliphatic carbocycles. The van der Waals surface area contributed by atoms with E-state index < -0.39 is 0 Å². The normalized spacial score (nSPS) is 11.8. The van der Waals surface area contributed by atoms with E-state index in [4.69, 9.17) is 0 Å². The Morgan fingerprint density at radius 1 is 1.21 bits per heavy atom. The Kier molecular flexibility index (Phi) is 4.05. The second-order valence-electron chi connectivity index (χ2n) is 6.06. The number of hydrogen-bond acceptors (Lipinski definition) is 2. The number of aryl methyl sites for hydroxylation is 1. The van der Waals surface area contributed by atoms with E-state index in [1.165, 1.54) is 11.1 Å². The van der Waals surface area contributed by atoms with E-state index in [0.29, 0.717) is 0 Å². The third kappa shape index (κ3) is 4.21. The highest BCUT2D eigenvalue weighted by atomic mass is 15.0. The molecular weight excluding hydrogens is 234 g/mol. The molecule has 3 heteroatoms. The summed E-state index contributed by atoms with van der Waals surface area (Å²) in [5.74, 6) is 1.03. The van der Waals surface area contributed by atoms with Crippen LogP contribution in [0, 0.1) is 6.92 Å². The first-order chi connectivity index (χ1) is 8.94. The molecule has 0 amide bonds. The summed E-state index contributed by atoms with van der Waals surface area (Å²) in [6.07, 6.45) is 2.79. The smallest absolute Gasteiger partial charge is 0.110 e. The molecular formula is C16H23N3. The molecule has 1 heterocycles. The minimum absolute atomic E-state index is 0.126. The maximum absolute atomic E-state index is 4.46. The van der Waals surface area contributed by atoms with Gasteiger partial charge in [0, 0.05) is 30.4 Å². The molecule has 0 saturated heterocycles. The van der Waals surface area contributed by atoms with Gasteiger partial charge in [0.25, 0.3) is 0 Å². The molecule has 0 unspecified atom stereocenters. The van der Waals surface area contributed by atoms with Crippen LogP contribution in [0.3, 0.4) is 0 Å². The summed E-state index contributed by atoms with van der Waals surface area (Å²) in [4.78, 5) is 7.85. The quantitative estimate of drug-likeness (QED) is 0.883. The van der Waals surface area contributed by atoms with Crippen LogP contribution in [0.25, 0.3) is 0 Å². The number of benzene rings is 1. The second kappa shape index (κ2) is 5.57. The van der Waals surface area contributed by atoms with Crippen LogP contribution in [0.4, 0.5) is 0 Å². The number of nitrogens with zero attached hydrogens (tertiary/aromatic N) is 1. The number of hydrogen-bond donors (Lipinski definition) is 2. The predicted molar refractivity (Wildman–Crippen MR) is 79.2 cm³/mol. The van der Waals surface area contributed by atoms with Crippen LogP contribution in [0.15, 0.2) is 30.5 Å². The van der Waals surface area contributed by atoms with E-state index in [2.05, 4.69) is 67.2 Å². The van der Waals surface area contributed by atoms with Gasteiger partial charge in [-0.15, -0.1) is 0 Å². The standard InChI is InChI=1S/C16H23N3/c1-12-7-5-6-8-13(12)9-15-17-10-14(19-15)11-18-16(2,3)4/h5-8,10,18H,9,11H2,1-4H3,(H,17,19). The van der Waals surface area contributed by atoms with Gasteiger partial charge in [-0.05, 0) is 38.8 Å². The minimum atomic E-state index is 0.126. The molecule has 2 N–H and O–H groups in total. The van der Waals surface area contributed by atoms with Crippen LogP contribution in [0.2, 0.25) is 0 Å². The van der Waals surface area contributed by atoms with E-state index in [1.807, 2.05) is 6.20 Å². The second-order valence-corrected chi connectivity index (χ2v) is 6.06. The van der Waals surface area contributed by atoms with Gasteiger partial charge in [-0.25, -0.2) is 4.98 Å². The Balaban J connectivity index is 2.00. The monoisotopic (exact) mass is 257 g/mol. The molecule has 0 spiro atoms. The summed E-state index contributed by atoms with van der Waals surface area (Å²) < 4.78 is 0. The van der Waals surface area contributed by atoms with Gasteiger partial charge in [0.15, 0.2) is 0 Å². The van der Waals surface area contributed by atoms with Crippen molar-refractivity contribution in [3.8, 4) is 0 Å². The zero-order valence-electron chi connectivity index (χ0n) is 12.2. The van der Waals surface area contributed by atoms with Gasteiger partial charge in [-0.3, -0.25) is 0 Å². The lowest BCUT2D eigenvalue weighted by Crippen LogP contribution is -2.35. The summed E-state index contributed by atoms with van der Waals surface area (Å²) in [6.45, 7) is 9.46. The highest BCUT2D eigenvalue weighted by Gasteiger charge is 2.10. The Morgan fingerprint density at radius 3 is 2.63 bits per heavy atom. The largest absolute Gasteiger partial charge is 0.345 e. The van der Waals surface area contributed by atoms with Crippen molar-refractivity contribution in [1.29, 1.82) is 0 Å². The minimum Gasteiger partial charge on any atom is -0.345 e. The average Bonchev–Trinajstić information content (AvgIpc) is 2.77. The first-order valence-electron chi connectivity index (χ1n) is 6.76. The fourth-order valence-electron chi connectivity index (χ4n) is 1.93. The molecule has 102 valence electrons. The van der Waals surface area contributed by atoms with E-state index in [0.717, 1.165) is 24.5 Å². The number of nitrogens with one attached hydrogen (secondary N) is 2. The van der Waals surface area contributed by atoms with Crippen LogP contribution >= 0.6 is 0 Å². The maximum atomic E-state index is 4.46. The number of imidazole rings is 1. The average molecular weight is 257 g/mol. The van der Waals surface area contributed by atoms with Crippen molar-refractivity contribution in [3.05, 3.63) is 53.1 Å². The zero-order valence-corrected chi connectivity index (χ0v) is 12.2. The molecule has 0 aliphatic heterocycles. The van der Waals surface area contributed by atoms with Crippen LogP contribution in [-0.4, -0.2) is 15.5 Å². The van der Waals surface area contributed by atoms with E-state index in [9.17, 15) is 0 Å². The van der Waals surface area contributed by atoms with Crippen molar-refractivity contribution < 1.29 is 0 Å². The highest BCUT2D eigenvalue weighted by Crippen LogP contribution is 2.12. The molecule has 1 aromatic carbocycles. The molecule has 1 aromatic heterocycles. The summed E-state index contributed by atoms with van der Waals surface area (Å²) >= 11 is 0. The van der Waals surface area contributed by atoms with Crippen molar-refractivity contribution in [2.45, 2.75) is 46.2 Å². The van der Waals surface area contributed by atoms with Crippen LogP contribution in [0.5, 0.6) is 0 Å². The summed E-state index contributed by atoms with van der Waals surface area (Å²) in [7, 11) is 0. The topological polar surface area (TPSA) is 40.7 Å². The van der Waals surface area contributed by atoms with Gasteiger partial charge < -0.3 is 10.3 Å². The Morgan fingerprint density at radius 2 is 1.95 bits per heavy atom. The fourth-order valence-corrected chi connectivity index (χ4v) is 1.93. The highest BCUT2D eigenvalue weighted by molar-refractivity contribution is 5.28. The van der Waals surface area contributed by atoms with Gasteiger partial charge in [-0.2, -0.15) is 0 Å². The van der Waals surface area contributed by atoms with Gasteiger partial charge in [0.2, 0.25) is 0 Å². The van der Waals surface area contributed by atoms with Crippen LogP contribution in [-0.2, 0) is 13.0 Å². The van der Waals surface area contributed by atoms with Gasteiger partial charge in [0.1, 0.15) is 5.82 Å².